The van der Waals surface area contributed by atoms with E-state index in [4.69, 9.17) is 24.8 Å². The van der Waals surface area contributed by atoms with Crippen molar-refractivity contribution in [2.45, 2.75) is 18.9 Å². The summed E-state index contributed by atoms with van der Waals surface area (Å²) in [6.07, 6.45) is -0.905. The van der Waals surface area contributed by atoms with Gasteiger partial charge in [-0.3, -0.25) is 4.79 Å². The maximum Gasteiger partial charge on any atom is 0.337 e. The number of carbonyl (C=O) groups is 2. The van der Waals surface area contributed by atoms with Crippen molar-refractivity contribution in [1.82, 2.24) is 0 Å². The quantitative estimate of drug-likeness (QED) is 0.604. The van der Waals surface area contributed by atoms with Crippen LogP contribution in [0.15, 0.2) is 46.9 Å². The van der Waals surface area contributed by atoms with Crippen LogP contribution in [0.3, 0.4) is 0 Å². The number of aliphatic carboxylic acids is 2. The second kappa shape index (κ2) is 11.2. The zero-order chi connectivity index (χ0) is 20.4. The van der Waals surface area contributed by atoms with Crippen molar-refractivity contribution in [3.05, 3.63) is 58.1 Å². The zero-order valence-electron chi connectivity index (χ0n) is 14.9. The number of aliphatic hydroxyl groups is 1. The Hall–Kier alpha value is -2.58. The topological polar surface area (TPSA) is 113 Å². The van der Waals surface area contributed by atoms with E-state index in [2.05, 4.69) is 15.9 Å². The van der Waals surface area contributed by atoms with E-state index in [9.17, 15) is 9.59 Å². The molecule has 27 heavy (non-hydrogen) atoms. The van der Waals surface area contributed by atoms with Gasteiger partial charge in [-0.2, -0.15) is 0 Å². The summed E-state index contributed by atoms with van der Waals surface area (Å²) in [6, 6.07) is 11.9. The van der Waals surface area contributed by atoms with Gasteiger partial charge >= 0.3 is 11.9 Å². The van der Waals surface area contributed by atoms with E-state index in [1.807, 2.05) is 12.1 Å². The Morgan fingerprint density at radius 1 is 1.04 bits per heavy atom. The van der Waals surface area contributed by atoms with Crippen LogP contribution in [0.4, 0.5) is 0 Å². The number of rotatable bonds is 7. The van der Waals surface area contributed by atoms with Crippen molar-refractivity contribution < 1.29 is 34.4 Å². The Morgan fingerprint density at radius 3 is 2.15 bits per heavy atom. The summed E-state index contributed by atoms with van der Waals surface area (Å²) in [5.74, 6) is -0.821. The number of para-hydroxylation sites is 1. The molecule has 2 aromatic rings. The molecule has 0 heterocycles. The van der Waals surface area contributed by atoms with E-state index in [1.54, 1.807) is 44.6 Å². The molecule has 0 aliphatic rings. The van der Waals surface area contributed by atoms with Crippen LogP contribution in [-0.2, 0) is 16.0 Å². The molecule has 2 aromatic carbocycles. The molecule has 0 bridgehead atoms. The molecule has 146 valence electrons. The number of aryl methyl sites for hydroxylation is 1. The van der Waals surface area contributed by atoms with Crippen molar-refractivity contribution in [1.29, 1.82) is 0 Å². The van der Waals surface area contributed by atoms with Gasteiger partial charge in [-0.05, 0) is 35.7 Å². The highest BCUT2D eigenvalue weighted by atomic mass is 79.9. The summed E-state index contributed by atoms with van der Waals surface area (Å²) < 4.78 is 11.1. The minimum Gasteiger partial charge on any atom is -0.493 e. The van der Waals surface area contributed by atoms with Gasteiger partial charge in [0, 0.05) is 10.9 Å². The van der Waals surface area contributed by atoms with Crippen LogP contribution in [0.25, 0.3) is 0 Å². The van der Waals surface area contributed by atoms with Crippen molar-refractivity contribution in [3.63, 3.8) is 0 Å². The molecule has 0 saturated carbocycles. The predicted octanol–water partition coefficient (Wildman–Crippen LogP) is 3.29. The van der Waals surface area contributed by atoms with Crippen LogP contribution in [0.2, 0.25) is 0 Å². The van der Waals surface area contributed by atoms with Crippen LogP contribution in [-0.4, -0.2) is 41.5 Å². The van der Waals surface area contributed by atoms with E-state index < -0.39 is 18.0 Å². The van der Waals surface area contributed by atoms with Gasteiger partial charge in [0.25, 0.3) is 0 Å². The Bertz CT molecular complexity index is 759. The van der Waals surface area contributed by atoms with E-state index in [1.165, 1.54) is 0 Å². The Morgan fingerprint density at radius 2 is 1.67 bits per heavy atom. The van der Waals surface area contributed by atoms with Gasteiger partial charge in [-0.1, -0.05) is 40.2 Å². The fourth-order valence-corrected chi connectivity index (χ4v) is 2.44. The van der Waals surface area contributed by atoms with Gasteiger partial charge in [0.1, 0.15) is 0 Å². The monoisotopic (exact) mass is 440 g/mol. The van der Waals surface area contributed by atoms with Gasteiger partial charge in [0.15, 0.2) is 17.6 Å². The molecule has 2 rings (SSSR count). The maximum atomic E-state index is 10.5. The van der Waals surface area contributed by atoms with Crippen molar-refractivity contribution in [2.24, 2.45) is 0 Å². The third-order valence-electron chi connectivity index (χ3n) is 3.51. The number of carboxylic acids is 2. The third-order valence-corrected chi connectivity index (χ3v) is 4.04. The molecule has 8 heteroatoms. The largest absolute Gasteiger partial charge is 0.493 e. The molecule has 0 radical (unpaired) electrons. The van der Waals surface area contributed by atoms with Crippen LogP contribution in [0.1, 0.15) is 23.7 Å². The number of hydrogen-bond donors (Lipinski definition) is 3. The summed E-state index contributed by atoms with van der Waals surface area (Å²) in [6.45, 7) is 0. The molecule has 0 saturated heterocycles. The minimum atomic E-state index is -1.43. The first-order chi connectivity index (χ1) is 12.8. The third kappa shape index (κ3) is 7.28. The average Bonchev–Trinajstić information content (AvgIpc) is 2.66. The number of hydrogen-bond acceptors (Lipinski definition) is 5. The minimum absolute atomic E-state index is 0.0868. The molecular formula is C19H21BrO7. The molecule has 0 spiro atoms. The molecular weight excluding hydrogens is 420 g/mol. The van der Waals surface area contributed by atoms with Crippen LogP contribution in [0, 0.1) is 0 Å². The summed E-state index contributed by atoms with van der Waals surface area (Å²) in [4.78, 5) is 20.8. The van der Waals surface area contributed by atoms with Crippen LogP contribution in [0.5, 0.6) is 11.5 Å². The van der Waals surface area contributed by atoms with Gasteiger partial charge < -0.3 is 24.8 Å². The van der Waals surface area contributed by atoms with Crippen LogP contribution < -0.4 is 9.47 Å². The first-order valence-corrected chi connectivity index (χ1v) is 8.67. The highest BCUT2D eigenvalue weighted by molar-refractivity contribution is 9.10. The van der Waals surface area contributed by atoms with Gasteiger partial charge in [-0.15, -0.1) is 0 Å². The number of carboxylic acid groups (broad SMARTS) is 2. The second-order valence-electron chi connectivity index (χ2n) is 5.34. The van der Waals surface area contributed by atoms with Crippen LogP contribution >= 0.6 is 15.9 Å². The van der Waals surface area contributed by atoms with E-state index in [0.717, 1.165) is 10.0 Å². The van der Waals surface area contributed by atoms with Gasteiger partial charge in [0.05, 0.1) is 14.2 Å². The lowest BCUT2D eigenvalue weighted by atomic mass is 10.1. The molecule has 0 amide bonds. The predicted molar refractivity (Wildman–Crippen MR) is 102 cm³/mol. The standard InChI is InChI=1S/C11H14O4.C8H7BrO3/c1-14-9-5-3-4-8(11(9)15-2)6-7-10(12)13;9-6-3-1-5(2-4-6)7(10)8(11)12/h3-5H,6-7H2,1-2H3,(H,12,13);1-4,7,10H,(H,11,12)/t;7-/m.1/s1. The molecule has 0 aliphatic heterocycles. The average molecular weight is 441 g/mol. The Kier molecular flexibility index (Phi) is 9.32. The number of halogens is 1. The lowest BCUT2D eigenvalue weighted by Gasteiger charge is -2.11. The Labute approximate surface area is 165 Å². The molecule has 0 aliphatic carbocycles. The molecule has 7 nitrogen and oxygen atoms in total. The number of benzene rings is 2. The van der Waals surface area contributed by atoms with Crippen molar-refractivity contribution in [2.75, 3.05) is 14.2 Å². The molecule has 0 unspecified atom stereocenters. The van der Waals surface area contributed by atoms with Gasteiger partial charge in [0.2, 0.25) is 0 Å². The molecule has 3 N–H and O–H groups in total. The first kappa shape index (κ1) is 22.5. The SMILES string of the molecule is COc1cccc(CCC(=O)O)c1OC.O=C(O)[C@H](O)c1ccc(Br)cc1. The summed E-state index contributed by atoms with van der Waals surface area (Å²) in [5, 5.41) is 26.1. The van der Waals surface area contributed by atoms with Crippen molar-refractivity contribution in [3.8, 4) is 11.5 Å². The van der Waals surface area contributed by atoms with Crippen molar-refractivity contribution >= 4 is 27.9 Å². The highest BCUT2D eigenvalue weighted by Crippen LogP contribution is 2.31. The molecule has 1 atom stereocenters. The lowest BCUT2D eigenvalue weighted by molar-refractivity contribution is -0.147. The first-order valence-electron chi connectivity index (χ1n) is 7.88. The normalized spacial score (nSPS) is 11.0. The second-order valence-corrected chi connectivity index (χ2v) is 6.25. The molecule has 0 aromatic heterocycles. The fraction of sp³-hybridized carbons (Fsp3) is 0.263. The van der Waals surface area contributed by atoms with E-state index in [0.29, 0.717) is 23.5 Å². The maximum absolute atomic E-state index is 10.5. The summed E-state index contributed by atoms with van der Waals surface area (Å²) >= 11 is 3.20. The van der Waals surface area contributed by atoms with E-state index >= 15 is 0 Å². The highest BCUT2D eigenvalue weighted by Gasteiger charge is 2.14. The van der Waals surface area contributed by atoms with E-state index in [-0.39, 0.29) is 6.42 Å². The number of ether oxygens (including phenoxy) is 2. The fourth-order valence-electron chi connectivity index (χ4n) is 2.18. The number of methoxy groups -OCH3 is 2. The molecule has 0 fully saturated rings. The summed E-state index contributed by atoms with van der Waals surface area (Å²) in [7, 11) is 3.10. The summed E-state index contributed by atoms with van der Waals surface area (Å²) in [5.41, 5.74) is 1.23. The lowest BCUT2D eigenvalue weighted by Crippen LogP contribution is -2.09. The Balaban J connectivity index is 0.000000277. The zero-order valence-corrected chi connectivity index (χ0v) is 16.5. The number of aliphatic hydroxyl groups excluding tert-OH is 1. The smallest absolute Gasteiger partial charge is 0.337 e. The van der Waals surface area contributed by atoms with Gasteiger partial charge in [-0.25, -0.2) is 4.79 Å².